The first kappa shape index (κ1) is 16.9. The summed E-state index contributed by atoms with van der Waals surface area (Å²) < 4.78 is 31.6. The van der Waals surface area contributed by atoms with Crippen molar-refractivity contribution in [1.82, 2.24) is 35.2 Å². The second kappa shape index (κ2) is 6.98. The number of hydrogen-bond acceptors (Lipinski definition) is 7. The largest absolute Gasteiger partial charge is 0.415 e. The lowest BCUT2D eigenvalue weighted by Crippen LogP contribution is -2.02. The Morgan fingerprint density at radius 1 is 1.11 bits per heavy atom. The number of hydrogen-bond donors (Lipinski definition) is 0. The molecular formula is C17H13F2N7O. The first-order chi connectivity index (χ1) is 13.1. The fourth-order valence-corrected chi connectivity index (χ4v) is 2.48. The van der Waals surface area contributed by atoms with Gasteiger partial charge in [-0.2, -0.15) is 8.78 Å². The Balaban J connectivity index is 1.50. The second-order valence-electron chi connectivity index (χ2n) is 5.78. The maximum atomic E-state index is 12.5. The molecule has 8 nitrogen and oxygen atoms in total. The van der Waals surface area contributed by atoms with Crippen LogP contribution >= 0.6 is 0 Å². The molecule has 0 amide bonds. The van der Waals surface area contributed by atoms with Gasteiger partial charge in [-0.25, -0.2) is 4.68 Å². The summed E-state index contributed by atoms with van der Waals surface area (Å²) in [4.78, 5) is 8.40. The molecule has 0 bridgehead atoms. The number of nitrogens with zero attached hydrogens (tertiary/aromatic N) is 7. The number of aromatic nitrogens is 7. The molecule has 0 aliphatic carbocycles. The smallest absolute Gasteiger partial charge is 0.314 e. The summed E-state index contributed by atoms with van der Waals surface area (Å²) in [6.45, 7) is 2.38. The van der Waals surface area contributed by atoms with Crippen LogP contribution in [0.5, 0.6) is 0 Å². The van der Waals surface area contributed by atoms with E-state index in [0.29, 0.717) is 17.8 Å². The number of pyridine rings is 2. The van der Waals surface area contributed by atoms with E-state index in [1.54, 1.807) is 29.2 Å². The third kappa shape index (κ3) is 3.54. The fraction of sp³-hybridized carbons (Fsp3) is 0.176. The Hall–Kier alpha value is -3.56. The minimum absolute atomic E-state index is 0.000514. The molecule has 4 heterocycles. The van der Waals surface area contributed by atoms with Gasteiger partial charge in [0.2, 0.25) is 5.89 Å². The molecule has 0 spiro atoms. The summed E-state index contributed by atoms with van der Waals surface area (Å²) in [5.41, 5.74) is 3.87. The van der Waals surface area contributed by atoms with Crippen molar-refractivity contribution < 1.29 is 13.2 Å². The fourth-order valence-electron chi connectivity index (χ4n) is 2.48. The monoisotopic (exact) mass is 369 g/mol. The zero-order chi connectivity index (χ0) is 18.8. The van der Waals surface area contributed by atoms with Crippen LogP contribution in [0.15, 0.2) is 47.4 Å². The van der Waals surface area contributed by atoms with Gasteiger partial charge in [-0.1, -0.05) is 5.21 Å². The average Bonchev–Trinajstić information content (AvgIpc) is 3.33. The summed E-state index contributed by atoms with van der Waals surface area (Å²) >= 11 is 0. The molecule has 0 N–H and O–H groups in total. The summed E-state index contributed by atoms with van der Waals surface area (Å²) in [6, 6.07) is 5.32. The van der Waals surface area contributed by atoms with Gasteiger partial charge in [0.25, 0.3) is 5.89 Å². The molecule has 0 aliphatic heterocycles. The second-order valence-corrected chi connectivity index (χ2v) is 5.78. The first-order valence-electron chi connectivity index (χ1n) is 7.98. The minimum Gasteiger partial charge on any atom is -0.415 e. The van der Waals surface area contributed by atoms with Gasteiger partial charge in [0, 0.05) is 24.2 Å². The molecule has 0 saturated heterocycles. The van der Waals surface area contributed by atoms with Gasteiger partial charge in [0.1, 0.15) is 5.69 Å². The molecule has 136 valence electrons. The number of aryl methyl sites for hydroxylation is 1. The molecule has 0 saturated carbocycles. The lowest BCUT2D eigenvalue weighted by molar-refractivity contribution is 0.116. The highest BCUT2D eigenvalue weighted by Gasteiger charge is 2.17. The molecule has 10 heteroatoms. The van der Waals surface area contributed by atoms with Gasteiger partial charge >= 0.3 is 6.43 Å². The van der Waals surface area contributed by atoms with Gasteiger partial charge in [-0.15, -0.1) is 15.3 Å². The highest BCUT2D eigenvalue weighted by Crippen LogP contribution is 2.23. The van der Waals surface area contributed by atoms with Crippen LogP contribution in [0.2, 0.25) is 0 Å². The van der Waals surface area contributed by atoms with Crippen LogP contribution in [0, 0.1) is 6.92 Å². The number of alkyl halides is 2. The molecule has 4 rings (SSSR count). The highest BCUT2D eigenvalue weighted by atomic mass is 19.3. The van der Waals surface area contributed by atoms with Crippen LogP contribution in [-0.4, -0.2) is 35.2 Å². The Labute approximate surface area is 151 Å². The summed E-state index contributed by atoms with van der Waals surface area (Å²) in [7, 11) is 0. The van der Waals surface area contributed by atoms with Crippen LogP contribution in [0.4, 0.5) is 8.78 Å². The molecule has 0 unspecified atom stereocenters. The summed E-state index contributed by atoms with van der Waals surface area (Å²) in [5.74, 6) is -0.714. The first-order valence-corrected chi connectivity index (χ1v) is 7.98. The minimum atomic E-state index is -2.80. The van der Waals surface area contributed by atoms with Crippen LogP contribution in [0.3, 0.4) is 0 Å². The van der Waals surface area contributed by atoms with E-state index in [-0.39, 0.29) is 5.89 Å². The quantitative estimate of drug-likeness (QED) is 0.533. The van der Waals surface area contributed by atoms with Crippen molar-refractivity contribution in [3.05, 3.63) is 60.1 Å². The molecular weight excluding hydrogens is 356 g/mol. The van der Waals surface area contributed by atoms with Crippen molar-refractivity contribution in [2.24, 2.45) is 0 Å². The van der Waals surface area contributed by atoms with E-state index < -0.39 is 12.3 Å². The average molecular weight is 369 g/mol. The van der Waals surface area contributed by atoms with E-state index in [0.717, 1.165) is 16.8 Å². The Kier molecular flexibility index (Phi) is 4.37. The normalized spacial score (nSPS) is 11.3. The molecule has 4 aromatic rings. The highest BCUT2D eigenvalue weighted by molar-refractivity contribution is 5.60. The van der Waals surface area contributed by atoms with Crippen LogP contribution in [-0.2, 0) is 6.54 Å². The van der Waals surface area contributed by atoms with Crippen LogP contribution in [0.1, 0.15) is 23.6 Å². The van der Waals surface area contributed by atoms with Gasteiger partial charge in [0.15, 0.2) is 0 Å². The molecule has 27 heavy (non-hydrogen) atoms. The van der Waals surface area contributed by atoms with Gasteiger partial charge in [-0.3, -0.25) is 9.97 Å². The zero-order valence-corrected chi connectivity index (χ0v) is 14.1. The molecule has 0 aliphatic rings. The lowest BCUT2D eigenvalue weighted by Gasteiger charge is -2.01. The molecule has 0 aromatic carbocycles. The van der Waals surface area contributed by atoms with Gasteiger partial charge in [0.05, 0.1) is 24.0 Å². The van der Waals surface area contributed by atoms with E-state index in [1.165, 1.54) is 6.20 Å². The van der Waals surface area contributed by atoms with E-state index in [4.69, 9.17) is 4.42 Å². The van der Waals surface area contributed by atoms with E-state index in [1.807, 2.05) is 19.2 Å². The third-order valence-electron chi connectivity index (χ3n) is 3.88. The van der Waals surface area contributed by atoms with Crippen molar-refractivity contribution in [3.63, 3.8) is 0 Å². The summed E-state index contributed by atoms with van der Waals surface area (Å²) in [5, 5.41) is 15.2. The predicted molar refractivity (Wildman–Crippen MR) is 89.6 cm³/mol. The maximum Gasteiger partial charge on any atom is 0.314 e. The zero-order valence-electron chi connectivity index (χ0n) is 14.1. The Morgan fingerprint density at radius 2 is 2.00 bits per heavy atom. The van der Waals surface area contributed by atoms with Crippen molar-refractivity contribution in [2.45, 2.75) is 19.9 Å². The van der Waals surface area contributed by atoms with E-state index >= 15 is 0 Å². The Morgan fingerprint density at radius 3 is 2.70 bits per heavy atom. The molecule has 4 aromatic heterocycles. The molecule has 0 radical (unpaired) electrons. The number of halogens is 2. The van der Waals surface area contributed by atoms with E-state index in [2.05, 4.69) is 30.5 Å². The van der Waals surface area contributed by atoms with Crippen LogP contribution in [0.25, 0.3) is 22.7 Å². The standard InChI is InChI=1S/C17H13F2N7O/c1-10-4-5-20-7-13(10)14-9-26(25-22-14)8-12-3-2-11(6-21-12)16-23-24-17(27-16)15(18)19/h2-7,9,15H,8H2,1H3. The number of rotatable bonds is 5. The SMILES string of the molecule is Cc1ccncc1-c1cn(Cc2ccc(-c3nnc(C(F)F)o3)cn2)nn1. The third-order valence-corrected chi connectivity index (χ3v) is 3.88. The van der Waals surface area contributed by atoms with Gasteiger partial charge < -0.3 is 4.42 Å². The van der Waals surface area contributed by atoms with Gasteiger partial charge in [-0.05, 0) is 30.7 Å². The van der Waals surface area contributed by atoms with E-state index in [9.17, 15) is 8.78 Å². The van der Waals surface area contributed by atoms with Crippen molar-refractivity contribution in [1.29, 1.82) is 0 Å². The van der Waals surface area contributed by atoms with Crippen LogP contribution < -0.4 is 0 Å². The summed E-state index contributed by atoms with van der Waals surface area (Å²) in [6.07, 6.45) is 3.97. The Bertz CT molecular complexity index is 1060. The molecule has 0 fully saturated rings. The topological polar surface area (TPSA) is 95.4 Å². The van der Waals surface area contributed by atoms with Crippen molar-refractivity contribution in [2.75, 3.05) is 0 Å². The maximum absolute atomic E-state index is 12.5. The molecule has 0 atom stereocenters. The predicted octanol–water partition coefficient (Wildman–Crippen LogP) is 3.08. The van der Waals surface area contributed by atoms with Crippen molar-refractivity contribution >= 4 is 0 Å². The lowest BCUT2D eigenvalue weighted by atomic mass is 10.1. The van der Waals surface area contributed by atoms with Crippen molar-refractivity contribution in [3.8, 4) is 22.7 Å².